The molecule has 2 N–H and O–H groups in total. The Bertz CT molecular complexity index is 1380. The Morgan fingerprint density at radius 2 is 1.89 bits per heavy atom. The van der Waals surface area contributed by atoms with Gasteiger partial charge < -0.3 is 15.2 Å². The molecule has 1 atom stereocenters. The van der Waals surface area contributed by atoms with E-state index in [1.54, 1.807) is 12.4 Å². The van der Waals surface area contributed by atoms with E-state index in [-0.39, 0.29) is 19.1 Å². The molecule has 0 spiro atoms. The molecule has 3 aromatic heterocycles. The van der Waals surface area contributed by atoms with Crippen LogP contribution in [0.1, 0.15) is 24.9 Å². The van der Waals surface area contributed by atoms with Gasteiger partial charge in [0.25, 0.3) is 0 Å². The van der Waals surface area contributed by atoms with Crippen LogP contribution in [0.5, 0.6) is 0 Å². The summed E-state index contributed by atoms with van der Waals surface area (Å²) >= 11 is 0. The van der Waals surface area contributed by atoms with Crippen LogP contribution >= 0.6 is 0 Å². The summed E-state index contributed by atoms with van der Waals surface area (Å²) in [5.41, 5.74) is 4.40. The number of benzene rings is 1. The highest BCUT2D eigenvalue weighted by Crippen LogP contribution is 2.27. The second-order valence-electron chi connectivity index (χ2n) is 8.90. The summed E-state index contributed by atoms with van der Waals surface area (Å²) in [5, 5.41) is 3.21. The van der Waals surface area contributed by atoms with Crippen LogP contribution in [-0.4, -0.2) is 73.0 Å². The predicted octanol–water partition coefficient (Wildman–Crippen LogP) is 4.32. The molecular formula is C25H25F3N8O. The highest BCUT2D eigenvalue weighted by Gasteiger charge is 2.35. The van der Waals surface area contributed by atoms with Gasteiger partial charge in [-0.25, -0.2) is 19.9 Å². The van der Waals surface area contributed by atoms with Gasteiger partial charge in [0.1, 0.15) is 18.6 Å². The van der Waals surface area contributed by atoms with Gasteiger partial charge in [-0.15, -0.1) is 0 Å². The molecular weight excluding hydrogens is 485 g/mol. The molecule has 1 unspecified atom stereocenters. The highest BCUT2D eigenvalue weighted by molar-refractivity contribution is 5.83. The average Bonchev–Trinajstić information content (AvgIpc) is 3.29. The molecule has 5 rings (SSSR count). The van der Waals surface area contributed by atoms with Crippen molar-refractivity contribution in [3.8, 4) is 11.3 Å². The van der Waals surface area contributed by atoms with Gasteiger partial charge in [0.05, 0.1) is 16.7 Å². The molecule has 1 saturated heterocycles. The lowest BCUT2D eigenvalue weighted by molar-refractivity contribution is -0.162. The fourth-order valence-electron chi connectivity index (χ4n) is 4.44. The second kappa shape index (κ2) is 10.1. The monoisotopic (exact) mass is 510 g/mol. The van der Waals surface area contributed by atoms with Gasteiger partial charge in [0.2, 0.25) is 11.9 Å². The molecule has 4 heterocycles. The zero-order chi connectivity index (χ0) is 26.0. The number of amides is 1. The standard InChI is InChI=1S/C25H25F3N8O/c1-16(35-8-10-36(11-9-35)23(37)14-25(26,27)28)17-4-7-30-22(13-17)34-24-32-20-3-2-18(12-21(20)33-24)19-5-6-29-15-31-19/h2-7,12-13,15-16H,8-11,14H2,1H3,(H2,30,32,33,34). The fourth-order valence-corrected chi connectivity index (χ4v) is 4.44. The van der Waals surface area contributed by atoms with Crippen molar-refractivity contribution >= 4 is 28.7 Å². The molecule has 1 amide bonds. The number of alkyl halides is 3. The van der Waals surface area contributed by atoms with Crippen molar-refractivity contribution in [2.45, 2.75) is 25.6 Å². The Labute approximate surface area is 210 Å². The van der Waals surface area contributed by atoms with E-state index >= 15 is 0 Å². The van der Waals surface area contributed by atoms with Crippen molar-refractivity contribution in [2.24, 2.45) is 0 Å². The number of aromatic nitrogens is 5. The smallest absolute Gasteiger partial charge is 0.340 e. The van der Waals surface area contributed by atoms with Crippen molar-refractivity contribution in [1.29, 1.82) is 0 Å². The van der Waals surface area contributed by atoms with E-state index in [0.29, 0.717) is 24.9 Å². The predicted molar refractivity (Wildman–Crippen MR) is 132 cm³/mol. The summed E-state index contributed by atoms with van der Waals surface area (Å²) in [7, 11) is 0. The van der Waals surface area contributed by atoms with Crippen LogP contribution in [-0.2, 0) is 4.79 Å². The minimum Gasteiger partial charge on any atom is -0.340 e. The Balaban J connectivity index is 1.24. The Morgan fingerprint density at radius 1 is 1.08 bits per heavy atom. The van der Waals surface area contributed by atoms with Crippen molar-refractivity contribution in [2.75, 3.05) is 31.5 Å². The van der Waals surface area contributed by atoms with Crippen LogP contribution in [0.4, 0.5) is 24.9 Å². The lowest BCUT2D eigenvalue weighted by Gasteiger charge is -2.38. The number of hydrogen-bond acceptors (Lipinski definition) is 7. The third kappa shape index (κ3) is 5.85. The first-order chi connectivity index (χ1) is 17.7. The molecule has 9 nitrogen and oxygen atoms in total. The van der Waals surface area contributed by atoms with Gasteiger partial charge in [-0.05, 0) is 42.8 Å². The van der Waals surface area contributed by atoms with Gasteiger partial charge in [0.15, 0.2) is 0 Å². The SMILES string of the molecule is CC(c1ccnc(Nc2nc3ccc(-c4ccncn4)cc3[nH]2)c1)N1CCN(C(=O)CC(F)(F)F)CC1. The number of imidazole rings is 1. The minimum atomic E-state index is -4.49. The molecule has 192 valence electrons. The lowest BCUT2D eigenvalue weighted by Crippen LogP contribution is -2.50. The first-order valence-corrected chi connectivity index (χ1v) is 11.8. The van der Waals surface area contributed by atoms with E-state index in [9.17, 15) is 18.0 Å². The van der Waals surface area contributed by atoms with Crippen LogP contribution in [0, 0.1) is 0 Å². The number of piperazine rings is 1. The van der Waals surface area contributed by atoms with Gasteiger partial charge in [-0.3, -0.25) is 9.69 Å². The number of aromatic amines is 1. The van der Waals surface area contributed by atoms with Gasteiger partial charge >= 0.3 is 6.18 Å². The number of carbonyl (C=O) groups is 1. The zero-order valence-electron chi connectivity index (χ0n) is 20.0. The normalized spacial score (nSPS) is 15.6. The third-order valence-electron chi connectivity index (χ3n) is 6.44. The average molecular weight is 511 g/mol. The van der Waals surface area contributed by atoms with Gasteiger partial charge in [-0.2, -0.15) is 13.2 Å². The molecule has 1 fully saturated rings. The summed E-state index contributed by atoms with van der Waals surface area (Å²) in [6.45, 7) is 3.56. The molecule has 0 saturated carbocycles. The van der Waals surface area contributed by atoms with Crippen molar-refractivity contribution in [3.63, 3.8) is 0 Å². The molecule has 0 aliphatic carbocycles. The Morgan fingerprint density at radius 3 is 2.62 bits per heavy atom. The third-order valence-corrected chi connectivity index (χ3v) is 6.44. The number of fused-ring (bicyclic) bond motifs is 1. The van der Waals surface area contributed by atoms with Crippen molar-refractivity contribution in [3.05, 3.63) is 60.7 Å². The highest BCUT2D eigenvalue weighted by atomic mass is 19.4. The van der Waals surface area contributed by atoms with Crippen molar-refractivity contribution in [1.82, 2.24) is 34.7 Å². The first kappa shape index (κ1) is 24.6. The maximum Gasteiger partial charge on any atom is 0.397 e. The fraction of sp³-hybridized carbons (Fsp3) is 0.320. The maximum atomic E-state index is 12.5. The number of nitrogens with zero attached hydrogens (tertiary/aromatic N) is 6. The second-order valence-corrected chi connectivity index (χ2v) is 8.90. The molecule has 37 heavy (non-hydrogen) atoms. The number of hydrogen-bond donors (Lipinski definition) is 2. The quantitative estimate of drug-likeness (QED) is 0.398. The molecule has 1 aliphatic heterocycles. The molecule has 1 aliphatic rings. The lowest BCUT2D eigenvalue weighted by atomic mass is 10.1. The number of carbonyl (C=O) groups excluding carboxylic acids is 1. The van der Waals surface area contributed by atoms with E-state index in [1.165, 1.54) is 11.2 Å². The maximum absolute atomic E-state index is 12.5. The number of H-pyrrole nitrogens is 1. The van der Waals surface area contributed by atoms with Crippen LogP contribution in [0.15, 0.2) is 55.1 Å². The Kier molecular flexibility index (Phi) is 6.74. The number of pyridine rings is 1. The first-order valence-electron chi connectivity index (χ1n) is 11.8. The van der Waals surface area contributed by atoms with Crippen LogP contribution < -0.4 is 5.32 Å². The number of halogens is 3. The summed E-state index contributed by atoms with van der Waals surface area (Å²) in [6, 6.07) is 11.5. The van der Waals surface area contributed by atoms with E-state index in [1.807, 2.05) is 43.3 Å². The number of nitrogens with one attached hydrogen (secondary N) is 2. The number of rotatable bonds is 6. The Hall–Kier alpha value is -4.06. The molecule has 0 radical (unpaired) electrons. The summed E-state index contributed by atoms with van der Waals surface area (Å²) < 4.78 is 37.6. The van der Waals surface area contributed by atoms with Crippen LogP contribution in [0.3, 0.4) is 0 Å². The van der Waals surface area contributed by atoms with E-state index in [2.05, 4.69) is 35.1 Å². The van der Waals surface area contributed by atoms with E-state index in [4.69, 9.17) is 0 Å². The molecule has 0 bridgehead atoms. The molecule has 12 heteroatoms. The van der Waals surface area contributed by atoms with Gasteiger partial charge in [0, 0.05) is 50.2 Å². The minimum absolute atomic E-state index is 0.00508. The van der Waals surface area contributed by atoms with Crippen LogP contribution in [0.2, 0.25) is 0 Å². The molecule has 1 aromatic carbocycles. The summed E-state index contributed by atoms with van der Waals surface area (Å²) in [6.07, 6.45) is -0.994. The van der Waals surface area contributed by atoms with Gasteiger partial charge in [-0.1, -0.05) is 6.07 Å². The topological polar surface area (TPSA) is 103 Å². The number of anilines is 2. The molecule has 4 aromatic rings. The van der Waals surface area contributed by atoms with E-state index in [0.717, 1.165) is 27.9 Å². The zero-order valence-corrected chi connectivity index (χ0v) is 20.0. The summed E-state index contributed by atoms with van der Waals surface area (Å²) in [4.78, 5) is 35.8. The van der Waals surface area contributed by atoms with E-state index < -0.39 is 18.5 Å². The van der Waals surface area contributed by atoms with Crippen molar-refractivity contribution < 1.29 is 18.0 Å². The largest absolute Gasteiger partial charge is 0.397 e. The van der Waals surface area contributed by atoms with Crippen LogP contribution in [0.25, 0.3) is 22.3 Å². The summed E-state index contributed by atoms with van der Waals surface area (Å²) in [5.74, 6) is 0.285.